The van der Waals surface area contributed by atoms with Crippen LogP contribution < -0.4 is 15.6 Å². The molecule has 3 heterocycles. The maximum Gasteiger partial charge on any atom is 0.247 e. The number of ether oxygens (including phenoxy) is 1. The van der Waals surface area contributed by atoms with Crippen LogP contribution in [0.3, 0.4) is 0 Å². The molecule has 0 fully saturated rings. The van der Waals surface area contributed by atoms with E-state index in [1.807, 2.05) is 31.2 Å². The highest BCUT2D eigenvalue weighted by atomic mass is 16.5. The summed E-state index contributed by atoms with van der Waals surface area (Å²) in [7, 11) is 0. The van der Waals surface area contributed by atoms with Gasteiger partial charge in [0.15, 0.2) is 5.65 Å². The number of H-pyrrole nitrogens is 1. The molecule has 0 aliphatic carbocycles. The highest BCUT2D eigenvalue weighted by Crippen LogP contribution is 2.22. The summed E-state index contributed by atoms with van der Waals surface area (Å²) in [5, 5.41) is 7.59. The Labute approximate surface area is 148 Å². The van der Waals surface area contributed by atoms with Crippen LogP contribution in [0.4, 0.5) is 11.6 Å². The number of hydrogen-bond acceptors (Lipinski definition) is 6. The number of aromatic amines is 1. The van der Waals surface area contributed by atoms with Crippen LogP contribution in [0, 0.1) is 0 Å². The first kappa shape index (κ1) is 15.8. The highest BCUT2D eigenvalue weighted by Gasteiger charge is 2.11. The lowest BCUT2D eigenvalue weighted by atomic mass is 10.2. The van der Waals surface area contributed by atoms with Gasteiger partial charge < -0.3 is 15.0 Å². The van der Waals surface area contributed by atoms with Gasteiger partial charge in [0, 0.05) is 35.9 Å². The summed E-state index contributed by atoms with van der Waals surface area (Å²) in [6, 6.07) is 10.7. The van der Waals surface area contributed by atoms with Crippen LogP contribution in [0.2, 0.25) is 0 Å². The molecule has 130 valence electrons. The summed E-state index contributed by atoms with van der Waals surface area (Å²) in [6.07, 6.45) is 4.97. The Hall–Kier alpha value is -3.68. The number of fused-ring (bicyclic) bond motifs is 1. The molecule has 0 saturated heterocycles. The molecule has 0 unspecified atom stereocenters. The molecule has 2 N–H and O–H groups in total. The maximum atomic E-state index is 11.3. The first-order valence-corrected chi connectivity index (χ1v) is 8.13. The lowest BCUT2D eigenvalue weighted by Crippen LogP contribution is -2.02. The van der Waals surface area contributed by atoms with Crippen LogP contribution in [0.1, 0.15) is 6.92 Å². The first-order valence-electron chi connectivity index (χ1n) is 8.13. The number of nitrogens with zero attached hydrogens (tertiary/aromatic N) is 4. The number of nitrogens with one attached hydrogen (secondary N) is 2. The summed E-state index contributed by atoms with van der Waals surface area (Å²) in [6.45, 7) is 2.57. The topological polar surface area (TPSA) is 97.2 Å². The number of pyridine rings is 1. The van der Waals surface area contributed by atoms with E-state index in [-0.39, 0.29) is 5.56 Å². The zero-order valence-electron chi connectivity index (χ0n) is 14.0. The molecule has 0 amide bonds. The van der Waals surface area contributed by atoms with Gasteiger partial charge in [-0.25, -0.2) is 4.52 Å². The van der Waals surface area contributed by atoms with Crippen LogP contribution in [0.25, 0.3) is 16.9 Å². The van der Waals surface area contributed by atoms with Gasteiger partial charge in [-0.15, -0.1) is 5.10 Å². The molecule has 0 spiro atoms. The van der Waals surface area contributed by atoms with Gasteiger partial charge in [-0.2, -0.15) is 4.98 Å². The molecular formula is C18H16N6O2. The fourth-order valence-corrected chi connectivity index (χ4v) is 2.56. The van der Waals surface area contributed by atoms with Crippen LogP contribution in [0.5, 0.6) is 5.75 Å². The molecule has 8 heteroatoms. The van der Waals surface area contributed by atoms with Crippen LogP contribution >= 0.6 is 0 Å². The van der Waals surface area contributed by atoms with Gasteiger partial charge in [-0.3, -0.25) is 9.78 Å². The number of aromatic nitrogens is 5. The third kappa shape index (κ3) is 3.12. The lowest BCUT2D eigenvalue weighted by molar-refractivity contribution is 0.340. The standard InChI is InChI=1S/C18H16N6O2/c1-2-26-14-6-4-13(5-7-14)21-18-22-17-16(19-9-10-24(17)23-18)12-3-8-15(25)20-11-12/h3-11H,2H2,1H3,(H,20,25)(H,21,23). The minimum Gasteiger partial charge on any atom is -0.494 e. The van der Waals surface area contributed by atoms with Crippen molar-refractivity contribution in [2.75, 3.05) is 11.9 Å². The normalized spacial score (nSPS) is 10.8. The Kier molecular flexibility index (Phi) is 4.06. The minimum absolute atomic E-state index is 0.167. The molecule has 4 aromatic rings. The van der Waals surface area contributed by atoms with Crippen LogP contribution in [-0.4, -0.2) is 31.2 Å². The molecule has 0 aliphatic rings. The van der Waals surface area contributed by atoms with Gasteiger partial charge >= 0.3 is 0 Å². The molecule has 4 rings (SSSR count). The quantitative estimate of drug-likeness (QED) is 0.575. The molecule has 0 bridgehead atoms. The molecule has 3 aromatic heterocycles. The smallest absolute Gasteiger partial charge is 0.247 e. The fourth-order valence-electron chi connectivity index (χ4n) is 2.56. The van der Waals surface area contributed by atoms with E-state index in [1.54, 1.807) is 29.2 Å². The highest BCUT2D eigenvalue weighted by molar-refractivity contribution is 5.73. The van der Waals surface area contributed by atoms with Gasteiger partial charge in [0.25, 0.3) is 0 Å². The van der Waals surface area contributed by atoms with Gasteiger partial charge in [0.2, 0.25) is 11.5 Å². The predicted octanol–water partition coefficient (Wildman–Crippen LogP) is 2.62. The van der Waals surface area contributed by atoms with Gasteiger partial charge in [0.1, 0.15) is 11.4 Å². The van der Waals surface area contributed by atoms with E-state index in [2.05, 4.69) is 25.4 Å². The zero-order chi connectivity index (χ0) is 17.9. The summed E-state index contributed by atoms with van der Waals surface area (Å²) in [5.41, 5.74) is 2.67. The average molecular weight is 348 g/mol. The van der Waals surface area contributed by atoms with E-state index < -0.39 is 0 Å². The minimum atomic E-state index is -0.167. The fraction of sp³-hybridized carbons (Fsp3) is 0.111. The third-order valence-electron chi connectivity index (χ3n) is 3.73. The van der Waals surface area contributed by atoms with Gasteiger partial charge in [-0.05, 0) is 37.3 Å². The second-order valence-electron chi connectivity index (χ2n) is 5.50. The Morgan fingerprint density at radius 2 is 2.04 bits per heavy atom. The lowest BCUT2D eigenvalue weighted by Gasteiger charge is -2.04. The summed E-state index contributed by atoms with van der Waals surface area (Å²) in [4.78, 5) is 22.8. The van der Waals surface area contributed by atoms with Gasteiger partial charge in [-0.1, -0.05) is 0 Å². The van der Waals surface area contributed by atoms with E-state index >= 15 is 0 Å². The Balaban J connectivity index is 1.66. The molecule has 26 heavy (non-hydrogen) atoms. The van der Waals surface area contributed by atoms with E-state index in [0.29, 0.717) is 23.9 Å². The van der Waals surface area contributed by atoms with Crippen molar-refractivity contribution in [1.29, 1.82) is 0 Å². The molecule has 0 radical (unpaired) electrons. The van der Waals surface area contributed by atoms with E-state index in [4.69, 9.17) is 4.74 Å². The van der Waals surface area contributed by atoms with Crippen molar-refractivity contribution in [3.05, 3.63) is 65.3 Å². The number of rotatable bonds is 5. The summed E-state index contributed by atoms with van der Waals surface area (Å²) >= 11 is 0. The zero-order valence-corrected chi connectivity index (χ0v) is 14.0. The number of anilines is 2. The SMILES string of the molecule is CCOc1ccc(Nc2nc3c(-c4ccc(=O)[nH]c4)nccn3n2)cc1. The monoisotopic (exact) mass is 348 g/mol. The Morgan fingerprint density at radius 3 is 2.77 bits per heavy atom. The summed E-state index contributed by atoms with van der Waals surface area (Å²) in [5.74, 6) is 1.26. The Bertz CT molecular complexity index is 1080. The molecule has 0 saturated carbocycles. The molecule has 0 atom stereocenters. The van der Waals surface area contributed by atoms with E-state index in [0.717, 1.165) is 17.0 Å². The molecule has 8 nitrogen and oxygen atoms in total. The first-order chi connectivity index (χ1) is 12.7. The van der Waals surface area contributed by atoms with Crippen molar-refractivity contribution < 1.29 is 4.74 Å². The summed E-state index contributed by atoms with van der Waals surface area (Å²) < 4.78 is 7.08. The molecule has 0 aliphatic heterocycles. The van der Waals surface area contributed by atoms with Crippen molar-refractivity contribution in [3.8, 4) is 17.0 Å². The Morgan fingerprint density at radius 1 is 1.19 bits per heavy atom. The van der Waals surface area contributed by atoms with E-state index in [9.17, 15) is 4.79 Å². The van der Waals surface area contributed by atoms with Crippen molar-refractivity contribution >= 4 is 17.3 Å². The second-order valence-corrected chi connectivity index (χ2v) is 5.50. The van der Waals surface area contributed by atoms with Crippen molar-refractivity contribution in [2.24, 2.45) is 0 Å². The number of hydrogen-bond donors (Lipinski definition) is 2. The second kappa shape index (κ2) is 6.67. The van der Waals surface area contributed by atoms with Crippen LogP contribution in [-0.2, 0) is 0 Å². The third-order valence-corrected chi connectivity index (χ3v) is 3.73. The van der Waals surface area contributed by atoms with Crippen molar-refractivity contribution in [1.82, 2.24) is 24.6 Å². The van der Waals surface area contributed by atoms with Crippen molar-refractivity contribution in [3.63, 3.8) is 0 Å². The molecule has 1 aromatic carbocycles. The average Bonchev–Trinajstić information content (AvgIpc) is 3.07. The number of benzene rings is 1. The predicted molar refractivity (Wildman–Crippen MR) is 97.7 cm³/mol. The maximum absolute atomic E-state index is 11.3. The van der Waals surface area contributed by atoms with Crippen LogP contribution in [0.15, 0.2) is 59.8 Å². The van der Waals surface area contributed by atoms with E-state index in [1.165, 1.54) is 6.07 Å². The largest absolute Gasteiger partial charge is 0.494 e. The van der Waals surface area contributed by atoms with Crippen molar-refractivity contribution in [2.45, 2.75) is 6.92 Å². The molecular weight excluding hydrogens is 332 g/mol. The van der Waals surface area contributed by atoms with Gasteiger partial charge in [0.05, 0.1) is 6.61 Å².